The molecule has 0 spiro atoms. The quantitative estimate of drug-likeness (QED) is 0.467. The number of benzene rings is 2. The van der Waals surface area contributed by atoms with Gasteiger partial charge in [0.1, 0.15) is 23.2 Å². The van der Waals surface area contributed by atoms with Gasteiger partial charge in [-0.3, -0.25) is 9.29 Å². The Morgan fingerprint density at radius 2 is 1.72 bits per heavy atom. The summed E-state index contributed by atoms with van der Waals surface area (Å²) >= 11 is 0. The topological polar surface area (TPSA) is 99.0 Å². The molecule has 4 rings (SSSR count). The van der Waals surface area contributed by atoms with Crippen LogP contribution in [0.5, 0.6) is 11.6 Å². The molecule has 0 radical (unpaired) electrons. The first-order valence-corrected chi connectivity index (χ1v) is 10.8. The average Bonchev–Trinajstić information content (AvgIpc) is 3.17. The molecule has 0 aliphatic rings. The van der Waals surface area contributed by atoms with Gasteiger partial charge in [-0.05, 0) is 56.3 Å². The largest absolute Gasteiger partial charge is 0.439 e. The second kappa shape index (κ2) is 8.35. The van der Waals surface area contributed by atoms with E-state index in [2.05, 4.69) is 19.7 Å². The van der Waals surface area contributed by atoms with Gasteiger partial charge in [0.2, 0.25) is 5.88 Å². The third-order valence-corrected chi connectivity index (χ3v) is 5.78. The molecule has 8 nitrogen and oxygen atoms in total. The molecular weight excluding hydrogens is 440 g/mol. The monoisotopic (exact) mass is 457 g/mol. The van der Waals surface area contributed by atoms with Gasteiger partial charge >= 0.3 is 0 Å². The fourth-order valence-corrected chi connectivity index (χ4v) is 3.96. The number of aromatic nitrogens is 4. The molecule has 0 saturated carbocycles. The first kappa shape index (κ1) is 21.4. The lowest BCUT2D eigenvalue weighted by Crippen LogP contribution is -2.13. The number of nitrogens with zero attached hydrogens (tertiary/aromatic N) is 4. The smallest absolute Gasteiger partial charge is 0.261 e. The molecule has 2 aromatic heterocycles. The third-order valence-electron chi connectivity index (χ3n) is 4.40. The molecule has 32 heavy (non-hydrogen) atoms. The van der Waals surface area contributed by atoms with Crippen LogP contribution in [0.2, 0.25) is 0 Å². The van der Waals surface area contributed by atoms with E-state index in [1.165, 1.54) is 12.1 Å². The van der Waals surface area contributed by atoms with Gasteiger partial charge in [-0.25, -0.2) is 27.2 Å². The molecule has 0 atom stereocenters. The van der Waals surface area contributed by atoms with E-state index >= 15 is 0 Å². The number of rotatable bonds is 6. The number of nitrogens with one attached hydrogen (secondary N) is 1. The summed E-state index contributed by atoms with van der Waals surface area (Å²) in [6.07, 6.45) is 3.43. The van der Waals surface area contributed by atoms with Gasteiger partial charge in [-0.1, -0.05) is 0 Å². The molecule has 2 aromatic carbocycles. The molecule has 0 unspecified atom stereocenters. The van der Waals surface area contributed by atoms with Crippen molar-refractivity contribution in [2.24, 2.45) is 0 Å². The molecule has 0 aliphatic heterocycles. The van der Waals surface area contributed by atoms with Gasteiger partial charge in [0.15, 0.2) is 11.6 Å². The van der Waals surface area contributed by atoms with Gasteiger partial charge in [0.25, 0.3) is 10.0 Å². The van der Waals surface area contributed by atoms with Crippen LogP contribution in [-0.2, 0) is 10.0 Å². The summed E-state index contributed by atoms with van der Waals surface area (Å²) in [6, 6.07) is 10.0. The van der Waals surface area contributed by atoms with E-state index < -0.39 is 26.6 Å². The number of aryl methyl sites for hydroxylation is 2. The normalized spacial score (nSPS) is 11.4. The van der Waals surface area contributed by atoms with Gasteiger partial charge in [-0.2, -0.15) is 4.98 Å². The standard InChI is InChI=1S/C21H17F2N5O3S/c1-13-25-20(28-10-9-24-14(28)2)12-21(26-13)31-16-5-3-15(4-6-16)27-32(29,30)17-7-8-18(22)19(23)11-17/h3-12,27H,1-2H3. The van der Waals surface area contributed by atoms with Crippen molar-refractivity contribution >= 4 is 15.7 Å². The van der Waals surface area contributed by atoms with E-state index in [1.54, 1.807) is 42.1 Å². The van der Waals surface area contributed by atoms with Crippen molar-refractivity contribution in [3.63, 3.8) is 0 Å². The van der Waals surface area contributed by atoms with Crippen molar-refractivity contribution in [3.8, 4) is 17.4 Å². The number of hydrogen-bond donors (Lipinski definition) is 1. The molecule has 1 N–H and O–H groups in total. The average molecular weight is 457 g/mol. The number of imidazole rings is 1. The van der Waals surface area contributed by atoms with Crippen LogP contribution >= 0.6 is 0 Å². The molecule has 2 heterocycles. The maximum absolute atomic E-state index is 13.4. The number of halogens is 2. The van der Waals surface area contributed by atoms with Gasteiger partial charge in [0.05, 0.1) is 4.90 Å². The molecule has 0 fully saturated rings. The highest BCUT2D eigenvalue weighted by Crippen LogP contribution is 2.25. The highest BCUT2D eigenvalue weighted by Gasteiger charge is 2.17. The van der Waals surface area contributed by atoms with Crippen molar-refractivity contribution in [2.75, 3.05) is 4.72 Å². The zero-order valence-electron chi connectivity index (χ0n) is 17.0. The van der Waals surface area contributed by atoms with Crippen molar-refractivity contribution in [1.29, 1.82) is 0 Å². The van der Waals surface area contributed by atoms with Gasteiger partial charge in [-0.15, -0.1) is 0 Å². The molecule has 4 aromatic rings. The van der Waals surface area contributed by atoms with E-state index in [4.69, 9.17) is 4.74 Å². The van der Waals surface area contributed by atoms with Crippen LogP contribution in [0.1, 0.15) is 11.6 Å². The Balaban J connectivity index is 1.51. The summed E-state index contributed by atoms with van der Waals surface area (Å²) in [5.74, 6) is 0.188. The fraction of sp³-hybridized carbons (Fsp3) is 0.0952. The molecule has 0 amide bonds. The second-order valence-corrected chi connectivity index (χ2v) is 8.45. The minimum Gasteiger partial charge on any atom is -0.439 e. The Bertz CT molecular complexity index is 1390. The third kappa shape index (κ3) is 4.57. The second-order valence-electron chi connectivity index (χ2n) is 6.76. The van der Waals surface area contributed by atoms with Crippen LogP contribution in [-0.4, -0.2) is 27.9 Å². The minimum absolute atomic E-state index is 0.218. The van der Waals surface area contributed by atoms with E-state index in [0.717, 1.165) is 18.0 Å². The summed E-state index contributed by atoms with van der Waals surface area (Å²) < 4.78 is 61.1. The van der Waals surface area contributed by atoms with Crippen LogP contribution in [0.15, 0.2) is 65.8 Å². The van der Waals surface area contributed by atoms with Crippen LogP contribution in [0.25, 0.3) is 5.82 Å². The lowest BCUT2D eigenvalue weighted by Gasteiger charge is -2.11. The molecule has 0 aliphatic carbocycles. The van der Waals surface area contributed by atoms with E-state index in [1.807, 2.05) is 6.92 Å². The van der Waals surface area contributed by atoms with Crippen LogP contribution in [0.4, 0.5) is 14.5 Å². The fourth-order valence-electron chi connectivity index (χ4n) is 2.89. The lowest BCUT2D eigenvalue weighted by molar-refractivity contribution is 0.459. The Hall–Kier alpha value is -3.86. The zero-order chi connectivity index (χ0) is 22.9. The number of hydrogen-bond acceptors (Lipinski definition) is 6. The zero-order valence-corrected chi connectivity index (χ0v) is 17.8. The summed E-state index contributed by atoms with van der Waals surface area (Å²) in [4.78, 5) is 12.4. The lowest BCUT2D eigenvalue weighted by atomic mass is 10.3. The Labute approximate surface area is 182 Å². The summed E-state index contributed by atoms with van der Waals surface area (Å²) in [5.41, 5.74) is 0.218. The number of anilines is 1. The number of ether oxygens (including phenoxy) is 1. The van der Waals surface area contributed by atoms with Crippen molar-refractivity contribution in [1.82, 2.24) is 19.5 Å². The van der Waals surface area contributed by atoms with Crippen LogP contribution < -0.4 is 9.46 Å². The Morgan fingerprint density at radius 3 is 2.38 bits per heavy atom. The van der Waals surface area contributed by atoms with Crippen LogP contribution in [0, 0.1) is 25.5 Å². The van der Waals surface area contributed by atoms with Crippen molar-refractivity contribution in [3.05, 3.63) is 84.2 Å². The molecule has 11 heteroatoms. The van der Waals surface area contributed by atoms with Gasteiger partial charge < -0.3 is 4.74 Å². The number of sulfonamides is 1. The SMILES string of the molecule is Cc1nc(Oc2ccc(NS(=O)(=O)c3ccc(F)c(F)c3)cc2)cc(-n2ccnc2C)n1. The molecule has 0 saturated heterocycles. The van der Waals surface area contributed by atoms with Crippen molar-refractivity contribution < 1.29 is 21.9 Å². The first-order chi connectivity index (χ1) is 15.2. The van der Waals surface area contributed by atoms with E-state index in [-0.39, 0.29) is 5.69 Å². The van der Waals surface area contributed by atoms with Crippen LogP contribution in [0.3, 0.4) is 0 Å². The Morgan fingerprint density at radius 1 is 0.969 bits per heavy atom. The Kier molecular flexibility index (Phi) is 5.57. The van der Waals surface area contributed by atoms with Crippen molar-refractivity contribution in [2.45, 2.75) is 18.7 Å². The maximum Gasteiger partial charge on any atom is 0.261 e. The summed E-state index contributed by atoms with van der Waals surface area (Å²) in [6.45, 7) is 3.58. The predicted octanol–water partition coefficient (Wildman–Crippen LogP) is 4.15. The molecular formula is C21H17F2N5O3S. The highest BCUT2D eigenvalue weighted by molar-refractivity contribution is 7.92. The first-order valence-electron chi connectivity index (χ1n) is 9.33. The molecule has 0 bridgehead atoms. The van der Waals surface area contributed by atoms with Gasteiger partial charge in [0, 0.05) is 24.1 Å². The van der Waals surface area contributed by atoms with E-state index in [9.17, 15) is 17.2 Å². The molecule has 164 valence electrons. The minimum atomic E-state index is -4.09. The highest BCUT2D eigenvalue weighted by atomic mass is 32.2. The maximum atomic E-state index is 13.4. The van der Waals surface area contributed by atoms with E-state index in [0.29, 0.717) is 29.3 Å². The summed E-state index contributed by atoms with van der Waals surface area (Å²) in [5, 5.41) is 0. The predicted molar refractivity (Wildman–Crippen MR) is 112 cm³/mol. The summed E-state index contributed by atoms with van der Waals surface area (Å²) in [7, 11) is -4.09.